The molecule has 15 heavy (non-hydrogen) atoms. The molecule has 0 saturated carbocycles. The fourth-order valence-electron chi connectivity index (χ4n) is 1.46. The molecule has 1 heteroatoms. The van der Waals surface area contributed by atoms with Gasteiger partial charge in [0, 0.05) is 6.42 Å². The molecule has 0 heterocycles. The molecule has 0 saturated heterocycles. The van der Waals surface area contributed by atoms with E-state index in [1.54, 1.807) is 0 Å². The third-order valence-electron chi connectivity index (χ3n) is 2.22. The predicted molar refractivity (Wildman–Crippen MR) is 64.1 cm³/mol. The van der Waals surface area contributed by atoms with Gasteiger partial charge in [-0.2, -0.15) is 0 Å². The SMILES string of the molecule is C#CCCc1cc(C)ccc1OCCC. The van der Waals surface area contributed by atoms with E-state index in [2.05, 4.69) is 31.9 Å². The van der Waals surface area contributed by atoms with Gasteiger partial charge in [0.15, 0.2) is 0 Å². The zero-order valence-electron chi connectivity index (χ0n) is 9.55. The zero-order chi connectivity index (χ0) is 11.1. The number of aryl methyl sites for hydroxylation is 2. The van der Waals surface area contributed by atoms with Gasteiger partial charge in [-0.25, -0.2) is 0 Å². The molecular weight excluding hydrogens is 184 g/mol. The minimum absolute atomic E-state index is 0.770. The Balaban J connectivity index is 2.78. The van der Waals surface area contributed by atoms with Crippen molar-refractivity contribution in [3.63, 3.8) is 0 Å². The first-order chi connectivity index (χ1) is 7.27. The Labute approximate surface area is 92.5 Å². The highest BCUT2D eigenvalue weighted by molar-refractivity contribution is 5.37. The van der Waals surface area contributed by atoms with Gasteiger partial charge in [0.25, 0.3) is 0 Å². The molecule has 0 amide bonds. The quantitative estimate of drug-likeness (QED) is 0.665. The topological polar surface area (TPSA) is 9.23 Å². The fraction of sp³-hybridized carbons (Fsp3) is 0.429. The van der Waals surface area contributed by atoms with E-state index in [4.69, 9.17) is 11.2 Å². The Morgan fingerprint density at radius 3 is 2.87 bits per heavy atom. The van der Waals surface area contributed by atoms with Crippen LogP contribution >= 0.6 is 0 Å². The van der Waals surface area contributed by atoms with E-state index in [-0.39, 0.29) is 0 Å². The van der Waals surface area contributed by atoms with Crippen LogP contribution in [-0.2, 0) is 6.42 Å². The van der Waals surface area contributed by atoms with Crippen molar-refractivity contribution in [3.8, 4) is 18.1 Å². The van der Waals surface area contributed by atoms with Gasteiger partial charge in [-0.05, 0) is 31.4 Å². The molecule has 1 aromatic carbocycles. The lowest BCUT2D eigenvalue weighted by Gasteiger charge is -2.10. The van der Waals surface area contributed by atoms with Crippen LogP contribution in [0.15, 0.2) is 18.2 Å². The van der Waals surface area contributed by atoms with E-state index < -0.39 is 0 Å². The van der Waals surface area contributed by atoms with Gasteiger partial charge in [0.05, 0.1) is 6.61 Å². The normalized spacial score (nSPS) is 9.67. The van der Waals surface area contributed by atoms with Crippen LogP contribution in [0.1, 0.15) is 30.9 Å². The van der Waals surface area contributed by atoms with Crippen molar-refractivity contribution in [1.82, 2.24) is 0 Å². The Morgan fingerprint density at radius 1 is 1.40 bits per heavy atom. The average molecular weight is 202 g/mol. The highest BCUT2D eigenvalue weighted by atomic mass is 16.5. The molecule has 0 bridgehead atoms. The van der Waals surface area contributed by atoms with Gasteiger partial charge >= 0.3 is 0 Å². The summed E-state index contributed by atoms with van der Waals surface area (Å²) in [6, 6.07) is 6.27. The molecule has 0 fully saturated rings. The molecule has 1 nitrogen and oxygen atoms in total. The van der Waals surface area contributed by atoms with Crippen LogP contribution in [0.25, 0.3) is 0 Å². The molecule has 0 N–H and O–H groups in total. The van der Waals surface area contributed by atoms with Crippen LogP contribution in [0.4, 0.5) is 0 Å². The second-order valence-corrected chi connectivity index (χ2v) is 3.66. The zero-order valence-corrected chi connectivity index (χ0v) is 9.55. The number of rotatable bonds is 5. The fourth-order valence-corrected chi connectivity index (χ4v) is 1.46. The van der Waals surface area contributed by atoms with Crippen LogP contribution in [0, 0.1) is 19.3 Å². The number of hydrogen-bond acceptors (Lipinski definition) is 1. The summed E-state index contributed by atoms with van der Waals surface area (Å²) in [5, 5.41) is 0. The summed E-state index contributed by atoms with van der Waals surface area (Å²) >= 11 is 0. The van der Waals surface area contributed by atoms with Crippen molar-refractivity contribution in [1.29, 1.82) is 0 Å². The van der Waals surface area contributed by atoms with Gasteiger partial charge in [-0.1, -0.05) is 24.6 Å². The Kier molecular flexibility index (Phi) is 4.77. The molecule has 1 aromatic rings. The summed E-state index contributed by atoms with van der Waals surface area (Å²) in [6.07, 6.45) is 7.97. The second-order valence-electron chi connectivity index (χ2n) is 3.66. The molecule has 1 rings (SSSR count). The van der Waals surface area contributed by atoms with Crippen molar-refractivity contribution in [2.75, 3.05) is 6.61 Å². The standard InChI is InChI=1S/C14H18O/c1-4-6-7-13-11-12(3)8-9-14(13)15-10-5-2/h1,8-9,11H,5-7,10H2,2-3H3. The molecule has 0 aliphatic heterocycles. The number of terminal acetylenes is 1. The van der Waals surface area contributed by atoms with Gasteiger partial charge in [-0.3, -0.25) is 0 Å². The van der Waals surface area contributed by atoms with Crippen LogP contribution in [-0.4, -0.2) is 6.61 Å². The summed E-state index contributed by atoms with van der Waals surface area (Å²) in [5.74, 6) is 3.65. The molecule has 0 atom stereocenters. The van der Waals surface area contributed by atoms with Crippen molar-refractivity contribution < 1.29 is 4.74 Å². The van der Waals surface area contributed by atoms with E-state index in [9.17, 15) is 0 Å². The number of hydrogen-bond donors (Lipinski definition) is 0. The van der Waals surface area contributed by atoms with E-state index in [1.165, 1.54) is 11.1 Å². The third kappa shape index (κ3) is 3.67. The average Bonchev–Trinajstić information content (AvgIpc) is 2.25. The molecule has 0 aromatic heterocycles. The van der Waals surface area contributed by atoms with Crippen LogP contribution in [0.5, 0.6) is 5.75 Å². The molecule has 0 unspecified atom stereocenters. The summed E-state index contributed by atoms with van der Waals surface area (Å²) < 4.78 is 5.67. The largest absolute Gasteiger partial charge is 0.493 e. The smallest absolute Gasteiger partial charge is 0.122 e. The Bertz CT molecular complexity index is 347. The molecule has 0 spiro atoms. The highest BCUT2D eigenvalue weighted by Crippen LogP contribution is 2.21. The van der Waals surface area contributed by atoms with E-state index in [0.717, 1.165) is 31.6 Å². The van der Waals surface area contributed by atoms with Crippen molar-refractivity contribution in [2.45, 2.75) is 33.1 Å². The third-order valence-corrected chi connectivity index (χ3v) is 2.22. The first kappa shape index (κ1) is 11.7. The van der Waals surface area contributed by atoms with Crippen LogP contribution in [0.2, 0.25) is 0 Å². The molecule has 0 radical (unpaired) electrons. The van der Waals surface area contributed by atoms with Gasteiger partial charge < -0.3 is 4.74 Å². The maximum absolute atomic E-state index is 5.67. The first-order valence-electron chi connectivity index (χ1n) is 5.43. The van der Waals surface area contributed by atoms with E-state index in [1.807, 2.05) is 6.07 Å². The van der Waals surface area contributed by atoms with Gasteiger partial charge in [0.1, 0.15) is 5.75 Å². The monoisotopic (exact) mass is 202 g/mol. The number of benzene rings is 1. The lowest BCUT2D eigenvalue weighted by Crippen LogP contribution is -1.99. The summed E-state index contributed by atoms with van der Waals surface area (Å²) in [5.41, 5.74) is 2.48. The van der Waals surface area contributed by atoms with Crippen LogP contribution in [0.3, 0.4) is 0 Å². The lowest BCUT2D eigenvalue weighted by molar-refractivity contribution is 0.314. The molecule has 0 aliphatic carbocycles. The Hall–Kier alpha value is -1.42. The second kappa shape index (κ2) is 6.14. The predicted octanol–water partition coefficient (Wildman–Crippen LogP) is 3.35. The minimum atomic E-state index is 0.770. The van der Waals surface area contributed by atoms with Gasteiger partial charge in [0.2, 0.25) is 0 Å². The number of ether oxygens (including phenoxy) is 1. The van der Waals surface area contributed by atoms with E-state index in [0.29, 0.717) is 0 Å². The summed E-state index contributed by atoms with van der Waals surface area (Å²) in [4.78, 5) is 0. The van der Waals surface area contributed by atoms with Crippen molar-refractivity contribution >= 4 is 0 Å². The van der Waals surface area contributed by atoms with Crippen LogP contribution < -0.4 is 4.74 Å². The highest BCUT2D eigenvalue weighted by Gasteiger charge is 2.02. The molecule has 80 valence electrons. The lowest BCUT2D eigenvalue weighted by atomic mass is 10.1. The maximum atomic E-state index is 5.67. The Morgan fingerprint density at radius 2 is 2.20 bits per heavy atom. The minimum Gasteiger partial charge on any atom is -0.493 e. The summed E-state index contributed by atoms with van der Waals surface area (Å²) in [6.45, 7) is 4.96. The van der Waals surface area contributed by atoms with E-state index >= 15 is 0 Å². The maximum Gasteiger partial charge on any atom is 0.122 e. The molecule has 0 aliphatic rings. The first-order valence-corrected chi connectivity index (χ1v) is 5.43. The van der Waals surface area contributed by atoms with Crippen molar-refractivity contribution in [2.24, 2.45) is 0 Å². The van der Waals surface area contributed by atoms with Crippen molar-refractivity contribution in [3.05, 3.63) is 29.3 Å². The molecular formula is C14H18O. The summed E-state index contributed by atoms with van der Waals surface area (Å²) in [7, 11) is 0. The van der Waals surface area contributed by atoms with Gasteiger partial charge in [-0.15, -0.1) is 12.3 Å².